The quantitative estimate of drug-likeness (QED) is 0.748. The molecule has 0 saturated carbocycles. The van der Waals surface area contributed by atoms with Crippen molar-refractivity contribution in [1.82, 2.24) is 5.32 Å². The number of hydrogen-bond donors (Lipinski definition) is 1. The van der Waals surface area contributed by atoms with Crippen LogP contribution >= 0.6 is 0 Å². The molecule has 0 fully saturated rings. The fourth-order valence-electron chi connectivity index (χ4n) is 0.904. The van der Waals surface area contributed by atoms with E-state index in [1.54, 1.807) is 36.4 Å². The molecule has 70 valence electrons. The van der Waals surface area contributed by atoms with Gasteiger partial charge in [0.15, 0.2) is 0 Å². The minimum Gasteiger partial charge on any atom is -0.291 e. The van der Waals surface area contributed by atoms with Crippen LogP contribution in [0.5, 0.6) is 0 Å². The Labute approximate surface area is 81.2 Å². The molecule has 0 heterocycles. The molecule has 0 radical (unpaired) electrons. The maximum atomic E-state index is 11.3. The van der Waals surface area contributed by atoms with E-state index in [-0.39, 0.29) is 6.42 Å². The second-order valence-corrected chi connectivity index (χ2v) is 2.58. The van der Waals surface area contributed by atoms with Gasteiger partial charge < -0.3 is 0 Å². The number of imide groups is 1. The van der Waals surface area contributed by atoms with Gasteiger partial charge in [0, 0.05) is 5.56 Å². The summed E-state index contributed by atoms with van der Waals surface area (Å²) in [5, 5.41) is 10.3. The van der Waals surface area contributed by atoms with E-state index in [2.05, 4.69) is 5.32 Å². The summed E-state index contributed by atoms with van der Waals surface area (Å²) in [7, 11) is 0. The van der Waals surface area contributed by atoms with E-state index in [9.17, 15) is 9.59 Å². The molecule has 1 aromatic carbocycles. The van der Waals surface area contributed by atoms with Crippen LogP contribution in [0.1, 0.15) is 16.8 Å². The normalized spacial score (nSPS) is 8.79. The van der Waals surface area contributed by atoms with Crippen LogP contribution in [-0.2, 0) is 4.79 Å². The molecule has 0 atom stereocenters. The number of benzene rings is 1. The van der Waals surface area contributed by atoms with Crippen molar-refractivity contribution in [3.05, 3.63) is 35.9 Å². The van der Waals surface area contributed by atoms with Gasteiger partial charge in [-0.15, -0.1) is 0 Å². The Kier molecular flexibility index (Phi) is 3.39. The van der Waals surface area contributed by atoms with Crippen molar-refractivity contribution in [2.75, 3.05) is 0 Å². The molecule has 1 aromatic rings. The lowest BCUT2D eigenvalue weighted by Gasteiger charge is -2.00. The summed E-state index contributed by atoms with van der Waals surface area (Å²) in [4.78, 5) is 22.2. The second kappa shape index (κ2) is 4.77. The van der Waals surface area contributed by atoms with Gasteiger partial charge in [0.2, 0.25) is 5.91 Å². The molecule has 2 amide bonds. The van der Waals surface area contributed by atoms with E-state index in [1.807, 2.05) is 0 Å². The van der Waals surface area contributed by atoms with E-state index >= 15 is 0 Å². The van der Waals surface area contributed by atoms with Crippen LogP contribution in [0.25, 0.3) is 0 Å². The number of rotatable bonds is 2. The summed E-state index contributed by atoms with van der Waals surface area (Å²) in [6.07, 6.45) is -0.307. The summed E-state index contributed by atoms with van der Waals surface area (Å²) in [6, 6.07) is 10.0. The minimum atomic E-state index is -0.582. The first-order valence-corrected chi connectivity index (χ1v) is 4.00. The van der Waals surface area contributed by atoms with Crippen molar-refractivity contribution >= 4 is 11.8 Å². The number of carbonyl (C=O) groups is 2. The number of nitrogens with zero attached hydrogens (tertiary/aromatic N) is 1. The third-order valence-electron chi connectivity index (χ3n) is 1.53. The number of amides is 2. The van der Waals surface area contributed by atoms with Gasteiger partial charge in [0.05, 0.1) is 6.07 Å². The van der Waals surface area contributed by atoms with E-state index in [0.717, 1.165) is 0 Å². The van der Waals surface area contributed by atoms with Crippen LogP contribution in [0, 0.1) is 11.3 Å². The van der Waals surface area contributed by atoms with Gasteiger partial charge in [-0.2, -0.15) is 5.26 Å². The molecule has 0 saturated heterocycles. The number of nitrogens with one attached hydrogen (secondary N) is 1. The van der Waals surface area contributed by atoms with Crippen LogP contribution in [-0.4, -0.2) is 11.8 Å². The molecule has 0 aliphatic carbocycles. The number of hydrogen-bond acceptors (Lipinski definition) is 3. The van der Waals surface area contributed by atoms with Crippen molar-refractivity contribution in [2.24, 2.45) is 0 Å². The second-order valence-electron chi connectivity index (χ2n) is 2.58. The first-order valence-electron chi connectivity index (χ1n) is 4.00. The first kappa shape index (κ1) is 9.93. The summed E-state index contributed by atoms with van der Waals surface area (Å²) in [5.41, 5.74) is 0.402. The molecular formula is C10H8N2O2. The SMILES string of the molecule is N#CCC(=O)NC(=O)c1ccccc1. The molecule has 0 bridgehead atoms. The van der Waals surface area contributed by atoms with Gasteiger partial charge in [-0.05, 0) is 12.1 Å². The summed E-state index contributed by atoms with van der Waals surface area (Å²) in [5.74, 6) is -1.06. The van der Waals surface area contributed by atoms with Crippen molar-refractivity contribution in [3.8, 4) is 6.07 Å². The van der Waals surface area contributed by atoms with Crippen molar-refractivity contribution in [3.63, 3.8) is 0 Å². The monoisotopic (exact) mass is 188 g/mol. The Hall–Kier alpha value is -2.15. The lowest BCUT2D eigenvalue weighted by molar-refractivity contribution is -0.119. The summed E-state index contributed by atoms with van der Waals surface area (Å²) in [6.45, 7) is 0. The number of carbonyl (C=O) groups excluding carboxylic acids is 2. The predicted molar refractivity (Wildman–Crippen MR) is 49.1 cm³/mol. The minimum absolute atomic E-state index is 0.307. The van der Waals surface area contributed by atoms with Crippen LogP contribution in [0.3, 0.4) is 0 Å². The fraction of sp³-hybridized carbons (Fsp3) is 0.100. The summed E-state index contributed by atoms with van der Waals surface area (Å²) < 4.78 is 0. The van der Waals surface area contributed by atoms with Gasteiger partial charge in [-0.3, -0.25) is 14.9 Å². The highest BCUT2D eigenvalue weighted by Crippen LogP contribution is 1.97. The van der Waals surface area contributed by atoms with Crippen LogP contribution < -0.4 is 5.32 Å². The zero-order chi connectivity index (χ0) is 10.4. The average molecular weight is 188 g/mol. The maximum Gasteiger partial charge on any atom is 0.257 e. The van der Waals surface area contributed by atoms with Gasteiger partial charge in [-0.1, -0.05) is 18.2 Å². The largest absolute Gasteiger partial charge is 0.291 e. The molecule has 0 spiro atoms. The molecule has 1 rings (SSSR count). The van der Waals surface area contributed by atoms with Crippen LogP contribution in [0.4, 0.5) is 0 Å². The van der Waals surface area contributed by atoms with Gasteiger partial charge in [0.1, 0.15) is 6.42 Å². The Bertz CT molecular complexity index is 379. The summed E-state index contributed by atoms with van der Waals surface area (Å²) >= 11 is 0. The molecule has 1 N–H and O–H groups in total. The zero-order valence-corrected chi connectivity index (χ0v) is 7.36. The molecule has 4 heteroatoms. The highest BCUT2D eigenvalue weighted by Gasteiger charge is 2.08. The van der Waals surface area contributed by atoms with Crippen molar-refractivity contribution in [2.45, 2.75) is 6.42 Å². The van der Waals surface area contributed by atoms with Crippen LogP contribution in [0.15, 0.2) is 30.3 Å². The van der Waals surface area contributed by atoms with Crippen molar-refractivity contribution < 1.29 is 9.59 Å². The predicted octanol–water partition coefficient (Wildman–Crippen LogP) is 0.857. The van der Waals surface area contributed by atoms with Gasteiger partial charge in [0.25, 0.3) is 5.91 Å². The van der Waals surface area contributed by atoms with Gasteiger partial charge >= 0.3 is 0 Å². The average Bonchev–Trinajstić information content (AvgIpc) is 2.19. The topological polar surface area (TPSA) is 70.0 Å². The molecule has 0 aliphatic rings. The Morgan fingerprint density at radius 1 is 1.29 bits per heavy atom. The van der Waals surface area contributed by atoms with E-state index in [0.29, 0.717) is 5.56 Å². The zero-order valence-electron chi connectivity index (χ0n) is 7.36. The van der Waals surface area contributed by atoms with E-state index in [4.69, 9.17) is 5.26 Å². The molecule has 0 aliphatic heterocycles. The lowest BCUT2D eigenvalue weighted by Crippen LogP contribution is -2.29. The third kappa shape index (κ3) is 2.72. The molecular weight excluding hydrogens is 180 g/mol. The van der Waals surface area contributed by atoms with Crippen LogP contribution in [0.2, 0.25) is 0 Å². The highest BCUT2D eigenvalue weighted by molar-refractivity contribution is 6.04. The Morgan fingerprint density at radius 2 is 1.93 bits per heavy atom. The Morgan fingerprint density at radius 3 is 2.50 bits per heavy atom. The maximum absolute atomic E-state index is 11.3. The molecule has 0 unspecified atom stereocenters. The fourth-order valence-corrected chi connectivity index (χ4v) is 0.904. The molecule has 14 heavy (non-hydrogen) atoms. The first-order chi connectivity index (χ1) is 6.74. The van der Waals surface area contributed by atoms with E-state index in [1.165, 1.54) is 0 Å². The Balaban J connectivity index is 2.61. The van der Waals surface area contributed by atoms with Crippen molar-refractivity contribution in [1.29, 1.82) is 5.26 Å². The highest BCUT2D eigenvalue weighted by atomic mass is 16.2. The molecule has 0 aromatic heterocycles. The number of nitriles is 1. The van der Waals surface area contributed by atoms with E-state index < -0.39 is 11.8 Å². The standard InChI is InChI=1S/C10H8N2O2/c11-7-6-9(13)12-10(14)8-4-2-1-3-5-8/h1-5H,6H2,(H,12,13,14). The third-order valence-corrected chi connectivity index (χ3v) is 1.53. The van der Waals surface area contributed by atoms with Gasteiger partial charge in [-0.25, -0.2) is 0 Å². The lowest BCUT2D eigenvalue weighted by atomic mass is 10.2. The smallest absolute Gasteiger partial charge is 0.257 e. The molecule has 4 nitrogen and oxygen atoms in total.